The Kier molecular flexibility index (Phi) is 3.62. The molecule has 1 N–H and O–H groups in total. The molecule has 3 aromatic rings. The average Bonchev–Trinajstić information content (AvgIpc) is 2.98. The van der Waals surface area contributed by atoms with Crippen molar-refractivity contribution in [3.63, 3.8) is 0 Å². The zero-order chi connectivity index (χ0) is 14.8. The Hall–Kier alpha value is -2.33. The molecule has 0 radical (unpaired) electrons. The molecule has 0 aliphatic carbocycles. The molecule has 0 unspecified atom stereocenters. The van der Waals surface area contributed by atoms with Crippen LogP contribution in [0.4, 0.5) is 0 Å². The highest BCUT2D eigenvalue weighted by molar-refractivity contribution is 9.10. The van der Waals surface area contributed by atoms with E-state index >= 15 is 0 Å². The fraction of sp³-hybridized carbons (Fsp3) is 0. The maximum absolute atomic E-state index is 11.2. The largest absolute Gasteiger partial charge is 0.478 e. The lowest BCUT2D eigenvalue weighted by atomic mass is 10.0. The SMILES string of the molecule is O=C(O)c1ccoc1-c1ccc(Br)c(-c2ccccc2)c1. The molecule has 2 aromatic carbocycles. The van der Waals surface area contributed by atoms with Crippen LogP contribution >= 0.6 is 15.9 Å². The van der Waals surface area contributed by atoms with Gasteiger partial charge in [-0.2, -0.15) is 0 Å². The topological polar surface area (TPSA) is 50.4 Å². The summed E-state index contributed by atoms with van der Waals surface area (Å²) in [6, 6.07) is 17.0. The molecule has 0 bridgehead atoms. The lowest BCUT2D eigenvalue weighted by molar-refractivity contribution is 0.0697. The number of hydrogen-bond acceptors (Lipinski definition) is 2. The summed E-state index contributed by atoms with van der Waals surface area (Å²) in [5, 5.41) is 9.19. The van der Waals surface area contributed by atoms with E-state index in [0.717, 1.165) is 21.2 Å². The Balaban J connectivity index is 2.14. The molecule has 0 aliphatic rings. The number of furan rings is 1. The molecule has 0 saturated heterocycles. The van der Waals surface area contributed by atoms with Crippen LogP contribution in [0.15, 0.2) is 69.8 Å². The molecule has 0 fully saturated rings. The first-order valence-electron chi connectivity index (χ1n) is 6.33. The van der Waals surface area contributed by atoms with Gasteiger partial charge in [0.25, 0.3) is 0 Å². The number of hydrogen-bond donors (Lipinski definition) is 1. The Morgan fingerprint density at radius 3 is 2.48 bits per heavy atom. The van der Waals surface area contributed by atoms with Crippen molar-refractivity contribution < 1.29 is 14.3 Å². The summed E-state index contributed by atoms with van der Waals surface area (Å²) in [7, 11) is 0. The van der Waals surface area contributed by atoms with Crippen LogP contribution in [0, 0.1) is 0 Å². The van der Waals surface area contributed by atoms with E-state index in [1.807, 2.05) is 48.5 Å². The maximum atomic E-state index is 11.2. The minimum Gasteiger partial charge on any atom is -0.478 e. The second-order valence-corrected chi connectivity index (χ2v) is 5.38. The molecular weight excluding hydrogens is 332 g/mol. The summed E-state index contributed by atoms with van der Waals surface area (Å²) in [6.07, 6.45) is 1.39. The van der Waals surface area contributed by atoms with Crippen LogP contribution in [-0.4, -0.2) is 11.1 Å². The standard InChI is InChI=1S/C17H11BrO3/c18-15-7-6-12(16-13(17(19)20)8-9-21-16)10-14(15)11-4-2-1-3-5-11/h1-10H,(H,19,20). The summed E-state index contributed by atoms with van der Waals surface area (Å²) >= 11 is 3.53. The normalized spacial score (nSPS) is 10.5. The van der Waals surface area contributed by atoms with E-state index in [2.05, 4.69) is 15.9 Å². The molecule has 21 heavy (non-hydrogen) atoms. The minimum absolute atomic E-state index is 0.163. The van der Waals surface area contributed by atoms with Crippen LogP contribution in [0.2, 0.25) is 0 Å². The van der Waals surface area contributed by atoms with E-state index in [0.29, 0.717) is 5.76 Å². The third-order valence-electron chi connectivity index (χ3n) is 3.21. The second-order valence-electron chi connectivity index (χ2n) is 4.53. The van der Waals surface area contributed by atoms with E-state index in [-0.39, 0.29) is 5.56 Å². The third-order valence-corrected chi connectivity index (χ3v) is 3.90. The van der Waals surface area contributed by atoms with Crippen molar-refractivity contribution in [3.8, 4) is 22.5 Å². The van der Waals surface area contributed by atoms with Gasteiger partial charge in [0.15, 0.2) is 0 Å². The highest BCUT2D eigenvalue weighted by atomic mass is 79.9. The first-order valence-corrected chi connectivity index (χ1v) is 7.12. The predicted molar refractivity (Wildman–Crippen MR) is 84.2 cm³/mol. The van der Waals surface area contributed by atoms with E-state index in [1.54, 1.807) is 0 Å². The fourth-order valence-corrected chi connectivity index (χ4v) is 2.68. The molecular formula is C17H11BrO3. The van der Waals surface area contributed by atoms with Crippen molar-refractivity contribution >= 4 is 21.9 Å². The minimum atomic E-state index is -0.997. The first kappa shape index (κ1) is 13.6. The highest BCUT2D eigenvalue weighted by Crippen LogP contribution is 2.34. The van der Waals surface area contributed by atoms with Gasteiger partial charge in [-0.3, -0.25) is 0 Å². The Morgan fingerprint density at radius 1 is 1.00 bits per heavy atom. The Bertz CT molecular complexity index is 791. The van der Waals surface area contributed by atoms with Crippen LogP contribution < -0.4 is 0 Å². The van der Waals surface area contributed by atoms with E-state index in [4.69, 9.17) is 4.42 Å². The lowest BCUT2D eigenvalue weighted by Gasteiger charge is -2.07. The van der Waals surface area contributed by atoms with E-state index in [1.165, 1.54) is 12.3 Å². The summed E-state index contributed by atoms with van der Waals surface area (Å²) < 4.78 is 6.29. The zero-order valence-corrected chi connectivity index (χ0v) is 12.5. The number of carbonyl (C=O) groups is 1. The quantitative estimate of drug-likeness (QED) is 0.722. The first-order chi connectivity index (χ1) is 10.2. The molecule has 1 heterocycles. The maximum Gasteiger partial charge on any atom is 0.339 e. The number of benzene rings is 2. The van der Waals surface area contributed by atoms with Crippen LogP contribution in [0.3, 0.4) is 0 Å². The van der Waals surface area contributed by atoms with Crippen LogP contribution in [0.1, 0.15) is 10.4 Å². The Labute approximate surface area is 130 Å². The van der Waals surface area contributed by atoms with Gasteiger partial charge >= 0.3 is 5.97 Å². The van der Waals surface area contributed by atoms with Gasteiger partial charge in [-0.05, 0) is 29.3 Å². The molecule has 0 saturated carbocycles. The van der Waals surface area contributed by atoms with Gasteiger partial charge in [0.1, 0.15) is 11.3 Å². The Morgan fingerprint density at radius 2 is 1.76 bits per heavy atom. The van der Waals surface area contributed by atoms with Crippen molar-refractivity contribution in [2.24, 2.45) is 0 Å². The second kappa shape index (κ2) is 5.58. The molecule has 4 heteroatoms. The molecule has 3 nitrogen and oxygen atoms in total. The number of rotatable bonds is 3. The number of halogens is 1. The van der Waals surface area contributed by atoms with Gasteiger partial charge in [-0.25, -0.2) is 4.79 Å². The van der Waals surface area contributed by atoms with Gasteiger partial charge in [0.05, 0.1) is 6.26 Å². The summed E-state index contributed by atoms with van der Waals surface area (Å²) in [5.41, 5.74) is 2.94. The highest BCUT2D eigenvalue weighted by Gasteiger charge is 2.16. The van der Waals surface area contributed by atoms with Crippen LogP contribution in [-0.2, 0) is 0 Å². The van der Waals surface area contributed by atoms with Gasteiger partial charge in [-0.15, -0.1) is 0 Å². The smallest absolute Gasteiger partial charge is 0.339 e. The number of carboxylic acids is 1. The van der Waals surface area contributed by atoms with E-state index < -0.39 is 5.97 Å². The monoisotopic (exact) mass is 342 g/mol. The molecule has 0 aliphatic heterocycles. The summed E-state index contributed by atoms with van der Waals surface area (Å²) in [4.78, 5) is 11.2. The van der Waals surface area contributed by atoms with Gasteiger partial charge in [0.2, 0.25) is 0 Å². The molecule has 1 aromatic heterocycles. The molecule has 3 rings (SSSR count). The number of carboxylic acid groups (broad SMARTS) is 1. The summed E-state index contributed by atoms with van der Waals surface area (Å²) in [6.45, 7) is 0. The predicted octanol–water partition coefficient (Wildman–Crippen LogP) is 5.07. The van der Waals surface area contributed by atoms with Crippen molar-refractivity contribution in [1.82, 2.24) is 0 Å². The van der Waals surface area contributed by atoms with Gasteiger partial charge < -0.3 is 9.52 Å². The number of aromatic carboxylic acids is 1. The molecule has 104 valence electrons. The van der Waals surface area contributed by atoms with Gasteiger partial charge in [-0.1, -0.05) is 52.3 Å². The van der Waals surface area contributed by atoms with E-state index in [9.17, 15) is 9.90 Å². The van der Waals surface area contributed by atoms with Crippen molar-refractivity contribution in [1.29, 1.82) is 0 Å². The molecule has 0 amide bonds. The molecule has 0 atom stereocenters. The van der Waals surface area contributed by atoms with Crippen molar-refractivity contribution in [2.75, 3.05) is 0 Å². The van der Waals surface area contributed by atoms with Crippen molar-refractivity contribution in [3.05, 3.63) is 70.9 Å². The van der Waals surface area contributed by atoms with Gasteiger partial charge in [0, 0.05) is 10.0 Å². The zero-order valence-electron chi connectivity index (χ0n) is 10.9. The lowest BCUT2D eigenvalue weighted by Crippen LogP contribution is -1.96. The average molecular weight is 343 g/mol. The van der Waals surface area contributed by atoms with Crippen molar-refractivity contribution in [2.45, 2.75) is 0 Å². The van der Waals surface area contributed by atoms with Crippen LogP contribution in [0.25, 0.3) is 22.5 Å². The summed E-state index contributed by atoms with van der Waals surface area (Å²) in [5.74, 6) is -0.630. The molecule has 0 spiro atoms. The third kappa shape index (κ3) is 2.62. The fourth-order valence-electron chi connectivity index (χ4n) is 2.21. The van der Waals surface area contributed by atoms with Crippen LogP contribution in [0.5, 0.6) is 0 Å².